The first kappa shape index (κ1) is 19.5. The molecule has 0 aliphatic carbocycles. The van der Waals surface area contributed by atoms with Gasteiger partial charge in [0.2, 0.25) is 0 Å². The smallest absolute Gasteiger partial charge is 0.330 e. The van der Waals surface area contributed by atoms with Crippen LogP contribution in [0, 0.1) is 5.82 Å². The number of hydrogen-bond donors (Lipinski definition) is 0. The van der Waals surface area contributed by atoms with Gasteiger partial charge in [0, 0.05) is 6.08 Å². The fourth-order valence-corrected chi connectivity index (χ4v) is 3.11. The maximum atomic E-state index is 12.9. The third-order valence-corrected chi connectivity index (χ3v) is 4.39. The molecule has 0 atom stereocenters. The first-order chi connectivity index (χ1) is 12.3. The fourth-order valence-electron chi connectivity index (χ4n) is 2.04. The van der Waals surface area contributed by atoms with E-state index in [1.54, 1.807) is 6.07 Å². The lowest BCUT2D eigenvalue weighted by atomic mass is 10.2. The molecule has 0 radical (unpaired) electrons. The lowest BCUT2D eigenvalue weighted by Crippen LogP contribution is -2.12. The Labute approximate surface area is 150 Å². The van der Waals surface area contributed by atoms with Crippen molar-refractivity contribution in [2.45, 2.75) is 5.75 Å². The van der Waals surface area contributed by atoms with E-state index >= 15 is 0 Å². The first-order valence-corrected chi connectivity index (χ1v) is 9.01. The van der Waals surface area contributed by atoms with Gasteiger partial charge in [-0.05, 0) is 41.5 Å². The van der Waals surface area contributed by atoms with Gasteiger partial charge in [-0.3, -0.25) is 0 Å². The highest BCUT2D eigenvalue weighted by Gasteiger charge is 2.17. The van der Waals surface area contributed by atoms with Crippen molar-refractivity contribution < 1.29 is 31.3 Å². The normalized spacial score (nSPS) is 11.3. The third-order valence-electron chi connectivity index (χ3n) is 3.27. The molecule has 0 saturated heterocycles. The monoisotopic (exact) mass is 380 g/mol. The van der Waals surface area contributed by atoms with E-state index in [1.807, 2.05) is 0 Å². The molecular formula is C18H17FO6S. The molecule has 0 fully saturated rings. The lowest BCUT2D eigenvalue weighted by molar-refractivity contribution is -0.134. The number of carbonyl (C=O) groups is 1. The van der Waals surface area contributed by atoms with Gasteiger partial charge in [0.1, 0.15) is 11.6 Å². The molecule has 0 N–H and O–H groups in total. The molecule has 0 aliphatic rings. The number of ether oxygens (including phenoxy) is 2. The van der Waals surface area contributed by atoms with Crippen LogP contribution < -0.4 is 8.92 Å². The Morgan fingerprint density at radius 3 is 2.38 bits per heavy atom. The van der Waals surface area contributed by atoms with Crippen molar-refractivity contribution in [1.29, 1.82) is 0 Å². The van der Waals surface area contributed by atoms with E-state index in [0.717, 1.165) is 0 Å². The van der Waals surface area contributed by atoms with E-state index < -0.39 is 27.7 Å². The van der Waals surface area contributed by atoms with Crippen molar-refractivity contribution in [3.63, 3.8) is 0 Å². The average molecular weight is 380 g/mol. The van der Waals surface area contributed by atoms with Gasteiger partial charge < -0.3 is 13.7 Å². The zero-order chi connectivity index (χ0) is 19.2. The highest BCUT2D eigenvalue weighted by Crippen LogP contribution is 2.30. The molecule has 26 heavy (non-hydrogen) atoms. The Bertz CT molecular complexity index is 904. The summed E-state index contributed by atoms with van der Waals surface area (Å²) in [5.41, 5.74) is 0.985. The standard InChI is InChI=1S/C18H17FO6S/c1-23-17-11-13(6-10-18(20)24-2)5-9-16(17)25-26(21,22)12-14-3-7-15(19)8-4-14/h3-11H,12H2,1-2H3/b10-6+. The number of hydrogen-bond acceptors (Lipinski definition) is 6. The zero-order valence-electron chi connectivity index (χ0n) is 14.1. The minimum Gasteiger partial charge on any atom is -0.493 e. The molecule has 138 valence electrons. The predicted octanol–water partition coefficient (Wildman–Crippen LogP) is 2.93. The van der Waals surface area contributed by atoms with Gasteiger partial charge in [-0.15, -0.1) is 0 Å². The fraction of sp³-hybridized carbons (Fsp3) is 0.167. The highest BCUT2D eigenvalue weighted by molar-refractivity contribution is 7.86. The molecule has 0 aliphatic heterocycles. The molecule has 2 aromatic rings. The molecule has 0 saturated carbocycles. The van der Waals surface area contributed by atoms with Crippen molar-refractivity contribution in [2.75, 3.05) is 14.2 Å². The number of methoxy groups -OCH3 is 2. The average Bonchev–Trinajstić information content (AvgIpc) is 2.62. The van der Waals surface area contributed by atoms with Crippen LogP contribution in [0.3, 0.4) is 0 Å². The van der Waals surface area contributed by atoms with Crippen LogP contribution in [-0.2, 0) is 25.4 Å². The van der Waals surface area contributed by atoms with Gasteiger partial charge >= 0.3 is 16.1 Å². The Morgan fingerprint density at radius 2 is 1.77 bits per heavy atom. The highest BCUT2D eigenvalue weighted by atomic mass is 32.2. The van der Waals surface area contributed by atoms with E-state index in [0.29, 0.717) is 11.1 Å². The second-order valence-corrected chi connectivity index (χ2v) is 6.75. The molecule has 0 unspecified atom stereocenters. The van der Waals surface area contributed by atoms with E-state index in [1.165, 1.54) is 62.8 Å². The summed E-state index contributed by atoms with van der Waals surface area (Å²) in [5, 5.41) is 0. The van der Waals surface area contributed by atoms with E-state index in [4.69, 9.17) is 8.92 Å². The van der Waals surface area contributed by atoms with Crippen LogP contribution in [0.4, 0.5) is 4.39 Å². The van der Waals surface area contributed by atoms with Gasteiger partial charge in [-0.1, -0.05) is 18.2 Å². The summed E-state index contributed by atoms with van der Waals surface area (Å²) in [7, 11) is -1.35. The molecular weight excluding hydrogens is 363 g/mol. The summed E-state index contributed by atoms with van der Waals surface area (Å²) in [6.45, 7) is 0. The minimum absolute atomic E-state index is 0.00447. The van der Waals surface area contributed by atoms with Gasteiger partial charge in [0.05, 0.1) is 14.2 Å². The van der Waals surface area contributed by atoms with Gasteiger partial charge in [-0.25, -0.2) is 9.18 Å². The van der Waals surface area contributed by atoms with Crippen molar-refractivity contribution in [3.05, 3.63) is 65.5 Å². The van der Waals surface area contributed by atoms with Crippen molar-refractivity contribution >= 4 is 22.2 Å². The molecule has 0 spiro atoms. The van der Waals surface area contributed by atoms with Crippen LogP contribution in [0.25, 0.3) is 6.08 Å². The number of rotatable bonds is 7. The number of benzene rings is 2. The molecule has 0 heterocycles. The van der Waals surface area contributed by atoms with Crippen molar-refractivity contribution in [1.82, 2.24) is 0 Å². The summed E-state index contributed by atoms with van der Waals surface area (Å²) < 4.78 is 52.1. The minimum atomic E-state index is -3.97. The van der Waals surface area contributed by atoms with Gasteiger partial charge in [0.15, 0.2) is 11.5 Å². The summed E-state index contributed by atoms with van der Waals surface area (Å²) in [6.07, 6.45) is 2.71. The Hall–Kier alpha value is -2.87. The number of esters is 1. The molecule has 8 heteroatoms. The Kier molecular flexibility index (Phi) is 6.35. The summed E-state index contributed by atoms with van der Waals surface area (Å²) in [5.74, 6) is -1.21. The topological polar surface area (TPSA) is 78.9 Å². The Balaban J connectivity index is 2.18. The molecule has 0 amide bonds. The number of halogens is 1. The van der Waals surface area contributed by atoms with E-state index in [2.05, 4.69) is 4.74 Å². The van der Waals surface area contributed by atoms with Crippen LogP contribution in [0.15, 0.2) is 48.5 Å². The van der Waals surface area contributed by atoms with E-state index in [-0.39, 0.29) is 11.5 Å². The largest absolute Gasteiger partial charge is 0.493 e. The molecule has 2 aromatic carbocycles. The second-order valence-electron chi connectivity index (χ2n) is 5.18. The van der Waals surface area contributed by atoms with Crippen molar-refractivity contribution in [2.24, 2.45) is 0 Å². The van der Waals surface area contributed by atoms with Crippen LogP contribution >= 0.6 is 0 Å². The third kappa shape index (κ3) is 5.59. The molecule has 6 nitrogen and oxygen atoms in total. The van der Waals surface area contributed by atoms with Crippen molar-refractivity contribution in [3.8, 4) is 11.5 Å². The quantitative estimate of drug-likeness (QED) is 0.417. The van der Waals surface area contributed by atoms with Crippen LogP contribution in [0.1, 0.15) is 11.1 Å². The summed E-state index contributed by atoms with van der Waals surface area (Å²) in [4.78, 5) is 11.1. The molecule has 0 aromatic heterocycles. The van der Waals surface area contributed by atoms with Crippen LogP contribution in [0.5, 0.6) is 11.5 Å². The maximum Gasteiger partial charge on any atom is 0.330 e. The SMILES string of the molecule is COC(=O)/C=C/c1ccc(OS(=O)(=O)Cc2ccc(F)cc2)c(OC)c1. The number of carbonyl (C=O) groups excluding carboxylic acids is 1. The maximum absolute atomic E-state index is 12.9. The van der Waals surface area contributed by atoms with E-state index in [9.17, 15) is 17.6 Å². The van der Waals surface area contributed by atoms with Crippen LogP contribution in [-0.4, -0.2) is 28.6 Å². The van der Waals surface area contributed by atoms with Gasteiger partial charge in [0.25, 0.3) is 0 Å². The predicted molar refractivity (Wildman–Crippen MR) is 93.7 cm³/mol. The van der Waals surface area contributed by atoms with Crippen LogP contribution in [0.2, 0.25) is 0 Å². The summed E-state index contributed by atoms with van der Waals surface area (Å²) in [6, 6.07) is 9.58. The summed E-state index contributed by atoms with van der Waals surface area (Å²) >= 11 is 0. The zero-order valence-corrected chi connectivity index (χ0v) is 15.0. The lowest BCUT2D eigenvalue weighted by Gasteiger charge is -2.11. The molecule has 0 bridgehead atoms. The Morgan fingerprint density at radius 1 is 1.08 bits per heavy atom. The first-order valence-electron chi connectivity index (χ1n) is 7.43. The second kappa shape index (κ2) is 8.48. The van der Waals surface area contributed by atoms with Gasteiger partial charge in [-0.2, -0.15) is 8.42 Å². The molecule has 2 rings (SSSR count).